The number of phosphoric ester groups is 1. The third-order valence-corrected chi connectivity index (χ3v) is 8.89. The van der Waals surface area contributed by atoms with E-state index >= 15 is 0 Å². The molecular weight excluding hydrogens is 743 g/mol. The van der Waals surface area contributed by atoms with Gasteiger partial charge in [0.05, 0.1) is 19.8 Å². The maximum absolute atomic E-state index is 12.6. The molecule has 0 amide bonds. The van der Waals surface area contributed by atoms with Gasteiger partial charge in [0.2, 0.25) is 0 Å². The number of esters is 2. The maximum Gasteiger partial charge on any atom is 0.472 e. The smallest absolute Gasteiger partial charge is 0.462 e. The van der Waals surface area contributed by atoms with Crippen molar-refractivity contribution in [1.29, 1.82) is 0 Å². The Balaban J connectivity index is 4.50. The van der Waals surface area contributed by atoms with Gasteiger partial charge in [-0.15, -0.1) is 0 Å². The molecule has 322 valence electrons. The van der Waals surface area contributed by atoms with Crippen LogP contribution in [0, 0.1) is 0 Å². The van der Waals surface area contributed by atoms with E-state index < -0.39 is 51.8 Å². The number of ether oxygens (including phenoxy) is 2. The molecule has 3 unspecified atom stereocenters. The van der Waals surface area contributed by atoms with Crippen LogP contribution in [0.4, 0.5) is 0 Å². The van der Waals surface area contributed by atoms with Crippen molar-refractivity contribution in [2.75, 3.05) is 26.4 Å². The average molecular weight is 817 g/mol. The van der Waals surface area contributed by atoms with Crippen LogP contribution in [0.15, 0.2) is 109 Å². The van der Waals surface area contributed by atoms with Gasteiger partial charge in [0, 0.05) is 12.8 Å². The summed E-state index contributed by atoms with van der Waals surface area (Å²) in [4.78, 5) is 34.9. The van der Waals surface area contributed by atoms with Crippen LogP contribution in [0.2, 0.25) is 0 Å². The van der Waals surface area contributed by atoms with E-state index in [0.717, 1.165) is 89.9 Å². The zero-order valence-corrected chi connectivity index (χ0v) is 35.6. The SMILES string of the molecule is CC/C=C\C/C=C\C/C=C\C/C=C\C/C=C\C/C=C\CCC(=O)OC(COC(=O)CCCCCCC/C=C\C/C=C\C/C=C\CC)COP(=O)(O)OCC(O)CO. The van der Waals surface area contributed by atoms with Gasteiger partial charge in [-0.25, -0.2) is 4.57 Å². The normalized spacial score (nSPS) is 15.0. The van der Waals surface area contributed by atoms with Crippen LogP contribution >= 0.6 is 7.82 Å². The quantitative estimate of drug-likeness (QED) is 0.0239. The lowest BCUT2D eigenvalue weighted by atomic mass is 10.1. The molecule has 0 saturated carbocycles. The van der Waals surface area contributed by atoms with E-state index in [9.17, 15) is 24.2 Å². The molecule has 10 nitrogen and oxygen atoms in total. The predicted molar refractivity (Wildman–Crippen MR) is 232 cm³/mol. The molecule has 0 bridgehead atoms. The van der Waals surface area contributed by atoms with Gasteiger partial charge in [-0.05, 0) is 83.5 Å². The number of carbonyl (C=O) groups excluding carboxylic acids is 2. The van der Waals surface area contributed by atoms with Gasteiger partial charge in [-0.2, -0.15) is 0 Å². The Hall–Kier alpha value is -3.37. The lowest BCUT2D eigenvalue weighted by Crippen LogP contribution is -2.29. The van der Waals surface area contributed by atoms with E-state index in [4.69, 9.17) is 19.1 Å². The maximum atomic E-state index is 12.6. The largest absolute Gasteiger partial charge is 0.472 e. The molecule has 3 atom stereocenters. The number of aliphatic hydroxyl groups is 2. The van der Waals surface area contributed by atoms with Crippen LogP contribution < -0.4 is 0 Å². The van der Waals surface area contributed by atoms with Crippen LogP contribution in [-0.2, 0) is 32.7 Å². The van der Waals surface area contributed by atoms with Crippen LogP contribution in [-0.4, -0.2) is 65.7 Å². The number of aliphatic hydroxyl groups excluding tert-OH is 2. The molecule has 0 aliphatic rings. The minimum atomic E-state index is -4.65. The molecule has 0 fully saturated rings. The van der Waals surface area contributed by atoms with Gasteiger partial charge in [0.15, 0.2) is 6.10 Å². The number of allylic oxidation sites excluding steroid dienone is 18. The molecule has 11 heteroatoms. The Morgan fingerprint density at radius 3 is 1.44 bits per heavy atom. The molecule has 0 heterocycles. The third-order valence-electron chi connectivity index (χ3n) is 7.94. The fourth-order valence-corrected chi connectivity index (χ4v) is 5.59. The first-order valence-electron chi connectivity index (χ1n) is 20.8. The molecule has 57 heavy (non-hydrogen) atoms. The summed E-state index contributed by atoms with van der Waals surface area (Å²) in [7, 11) is -4.65. The summed E-state index contributed by atoms with van der Waals surface area (Å²) in [6, 6.07) is 0. The number of phosphoric acid groups is 1. The van der Waals surface area contributed by atoms with Gasteiger partial charge < -0.3 is 24.6 Å². The number of unbranched alkanes of at least 4 members (excludes halogenated alkanes) is 5. The van der Waals surface area contributed by atoms with E-state index in [0.29, 0.717) is 12.8 Å². The Bertz CT molecular complexity index is 1310. The molecule has 0 radical (unpaired) electrons. The monoisotopic (exact) mass is 816 g/mol. The predicted octanol–water partition coefficient (Wildman–Crippen LogP) is 11.0. The van der Waals surface area contributed by atoms with Gasteiger partial charge in [-0.1, -0.05) is 142 Å². The van der Waals surface area contributed by atoms with Crippen molar-refractivity contribution in [1.82, 2.24) is 0 Å². The molecule has 0 spiro atoms. The molecule has 0 aromatic heterocycles. The van der Waals surface area contributed by atoms with Crippen LogP contribution in [0.5, 0.6) is 0 Å². The zero-order valence-electron chi connectivity index (χ0n) is 34.7. The highest BCUT2D eigenvalue weighted by molar-refractivity contribution is 7.47. The Morgan fingerprint density at radius 2 is 0.947 bits per heavy atom. The molecule has 0 aliphatic heterocycles. The molecule has 0 saturated heterocycles. The lowest BCUT2D eigenvalue weighted by molar-refractivity contribution is -0.161. The highest BCUT2D eigenvalue weighted by Gasteiger charge is 2.27. The molecule has 3 N–H and O–H groups in total. The highest BCUT2D eigenvalue weighted by Crippen LogP contribution is 2.43. The first-order valence-corrected chi connectivity index (χ1v) is 22.3. The van der Waals surface area contributed by atoms with Crippen LogP contribution in [0.1, 0.15) is 129 Å². The topological polar surface area (TPSA) is 149 Å². The van der Waals surface area contributed by atoms with E-state index in [-0.39, 0.29) is 19.4 Å². The van der Waals surface area contributed by atoms with E-state index in [1.807, 2.05) is 12.2 Å². The summed E-state index contributed by atoms with van der Waals surface area (Å²) in [6.45, 7) is 2.01. The summed E-state index contributed by atoms with van der Waals surface area (Å²) in [5.74, 6) is -1.06. The van der Waals surface area contributed by atoms with Gasteiger partial charge >= 0.3 is 19.8 Å². The second-order valence-corrected chi connectivity index (χ2v) is 14.7. The van der Waals surface area contributed by atoms with Crippen molar-refractivity contribution in [3.8, 4) is 0 Å². The fraction of sp³-hybridized carbons (Fsp3) is 0.565. The number of hydrogen-bond acceptors (Lipinski definition) is 9. The zero-order chi connectivity index (χ0) is 41.9. The fourth-order valence-electron chi connectivity index (χ4n) is 4.80. The van der Waals surface area contributed by atoms with Crippen molar-refractivity contribution < 1.29 is 47.8 Å². The molecular formula is C46H73O10P. The molecule has 0 aromatic carbocycles. The van der Waals surface area contributed by atoms with Crippen molar-refractivity contribution in [2.24, 2.45) is 0 Å². The first kappa shape index (κ1) is 53.6. The molecule has 0 aromatic rings. The molecule has 0 aliphatic carbocycles. The minimum absolute atomic E-state index is 0.0480. The van der Waals surface area contributed by atoms with Gasteiger partial charge in [0.25, 0.3) is 0 Å². The Kier molecular flexibility index (Phi) is 38.4. The summed E-state index contributed by atoms with van der Waals surface area (Å²) in [6.07, 6.45) is 50.7. The van der Waals surface area contributed by atoms with Crippen LogP contribution in [0.3, 0.4) is 0 Å². The van der Waals surface area contributed by atoms with Crippen molar-refractivity contribution in [3.05, 3.63) is 109 Å². The highest BCUT2D eigenvalue weighted by atomic mass is 31.2. The van der Waals surface area contributed by atoms with E-state index in [1.54, 1.807) is 0 Å². The third kappa shape index (κ3) is 40.6. The van der Waals surface area contributed by atoms with Gasteiger partial charge in [-0.3, -0.25) is 18.6 Å². The standard InChI is InChI=1S/C46H73O10P/c1-3-5-7-9-11-13-15-17-19-20-21-22-24-26-28-30-32-34-36-38-46(50)56-44(42-55-57(51,52)54-40-43(48)39-47)41-53-45(49)37-35-33-31-29-27-25-23-18-16-14-12-10-8-6-4-2/h5-8,11-14,17-19,21-23,26,28,32,34,43-44,47-48H,3-4,9-10,15-16,20,24-25,27,29-31,33,35-42H2,1-2H3,(H,51,52)/b7-5-,8-6-,13-11-,14-12-,19-17-,22-21-,23-18-,28-26-,34-32-. The summed E-state index contributed by atoms with van der Waals surface area (Å²) in [5, 5.41) is 18.3. The van der Waals surface area contributed by atoms with E-state index in [2.05, 4.69) is 116 Å². The van der Waals surface area contributed by atoms with Crippen molar-refractivity contribution in [3.63, 3.8) is 0 Å². The Morgan fingerprint density at radius 1 is 0.526 bits per heavy atom. The van der Waals surface area contributed by atoms with Crippen molar-refractivity contribution >= 4 is 19.8 Å². The van der Waals surface area contributed by atoms with Gasteiger partial charge in [0.1, 0.15) is 12.7 Å². The second kappa shape index (κ2) is 40.8. The number of hydrogen-bond donors (Lipinski definition) is 3. The van der Waals surface area contributed by atoms with E-state index in [1.165, 1.54) is 0 Å². The lowest BCUT2D eigenvalue weighted by Gasteiger charge is -2.20. The van der Waals surface area contributed by atoms with Crippen LogP contribution in [0.25, 0.3) is 0 Å². The molecule has 0 rings (SSSR count). The van der Waals surface area contributed by atoms with Crippen molar-refractivity contribution in [2.45, 2.75) is 142 Å². The second-order valence-electron chi connectivity index (χ2n) is 13.2. The number of rotatable bonds is 37. The summed E-state index contributed by atoms with van der Waals surface area (Å²) in [5.41, 5.74) is 0. The summed E-state index contributed by atoms with van der Waals surface area (Å²) < 4.78 is 32.6. The summed E-state index contributed by atoms with van der Waals surface area (Å²) >= 11 is 0. The number of carbonyl (C=O) groups is 2. The average Bonchev–Trinajstić information content (AvgIpc) is 3.20. The Labute approximate surface area is 344 Å². The minimum Gasteiger partial charge on any atom is -0.462 e. The first-order chi connectivity index (χ1) is 27.7.